The van der Waals surface area contributed by atoms with Gasteiger partial charge in [-0.1, -0.05) is 11.3 Å². The van der Waals surface area contributed by atoms with Crippen LogP contribution >= 0.6 is 22.7 Å². The molecular formula is C16H18N2OS2. The van der Waals surface area contributed by atoms with Crippen LogP contribution in [0.4, 0.5) is 5.13 Å². The molecule has 5 heteroatoms. The molecule has 3 rings (SSSR count). The third-order valence-electron chi connectivity index (χ3n) is 3.20. The van der Waals surface area contributed by atoms with Crippen LogP contribution in [0.25, 0.3) is 10.2 Å². The average Bonchev–Trinajstić information content (AvgIpc) is 3.04. The zero-order valence-electron chi connectivity index (χ0n) is 12.3. The van der Waals surface area contributed by atoms with E-state index in [2.05, 4.69) is 42.3 Å². The van der Waals surface area contributed by atoms with E-state index in [1.807, 2.05) is 30.4 Å². The van der Waals surface area contributed by atoms with Crippen molar-refractivity contribution in [2.75, 3.05) is 11.9 Å². The lowest BCUT2D eigenvalue weighted by Crippen LogP contribution is -2.03. The van der Waals surface area contributed by atoms with Gasteiger partial charge < -0.3 is 10.1 Å². The molecule has 1 atom stereocenters. The average molecular weight is 318 g/mol. The van der Waals surface area contributed by atoms with Gasteiger partial charge in [-0.05, 0) is 51.1 Å². The van der Waals surface area contributed by atoms with Crippen LogP contribution in [-0.2, 0) is 0 Å². The lowest BCUT2D eigenvalue weighted by molar-refractivity contribution is 0.341. The van der Waals surface area contributed by atoms with Crippen LogP contribution in [0.1, 0.15) is 29.6 Å². The van der Waals surface area contributed by atoms with E-state index in [-0.39, 0.29) is 6.04 Å². The monoisotopic (exact) mass is 318 g/mol. The maximum Gasteiger partial charge on any atom is 0.184 e. The van der Waals surface area contributed by atoms with Gasteiger partial charge in [0.2, 0.25) is 0 Å². The summed E-state index contributed by atoms with van der Waals surface area (Å²) in [5, 5.41) is 4.45. The van der Waals surface area contributed by atoms with E-state index in [1.54, 1.807) is 11.3 Å². The number of hydrogen-bond acceptors (Lipinski definition) is 5. The van der Waals surface area contributed by atoms with E-state index < -0.39 is 0 Å². The minimum absolute atomic E-state index is 0.274. The van der Waals surface area contributed by atoms with E-state index in [4.69, 9.17) is 4.74 Å². The summed E-state index contributed by atoms with van der Waals surface area (Å²) in [4.78, 5) is 7.32. The zero-order valence-corrected chi connectivity index (χ0v) is 14.0. The van der Waals surface area contributed by atoms with E-state index in [0.717, 1.165) is 21.1 Å². The van der Waals surface area contributed by atoms with Crippen LogP contribution in [0.15, 0.2) is 30.3 Å². The van der Waals surface area contributed by atoms with Crippen LogP contribution in [0.3, 0.4) is 0 Å². The van der Waals surface area contributed by atoms with Gasteiger partial charge in [0.15, 0.2) is 5.13 Å². The minimum atomic E-state index is 0.274. The molecule has 1 unspecified atom stereocenters. The summed E-state index contributed by atoms with van der Waals surface area (Å²) in [5.74, 6) is 0.905. The second-order valence-corrected chi connectivity index (χ2v) is 7.25. The number of nitrogens with one attached hydrogen (secondary N) is 1. The highest BCUT2D eigenvalue weighted by molar-refractivity contribution is 7.22. The van der Waals surface area contributed by atoms with Crippen molar-refractivity contribution < 1.29 is 4.74 Å². The molecule has 0 aliphatic carbocycles. The molecule has 0 radical (unpaired) electrons. The summed E-state index contributed by atoms with van der Waals surface area (Å²) in [5.41, 5.74) is 1.01. The van der Waals surface area contributed by atoms with Gasteiger partial charge in [0.25, 0.3) is 0 Å². The standard InChI is InChI=1S/C16H18N2OS2/c1-4-19-12-6-7-13-15(9-12)21-16(18-13)17-11(3)14-8-5-10(2)20-14/h5-9,11H,4H2,1-3H3,(H,17,18). The number of thiazole rings is 1. The van der Waals surface area contributed by atoms with Crippen molar-refractivity contribution in [2.24, 2.45) is 0 Å². The Morgan fingerprint density at radius 2 is 2.10 bits per heavy atom. The maximum atomic E-state index is 5.54. The van der Waals surface area contributed by atoms with Gasteiger partial charge in [-0.3, -0.25) is 0 Å². The molecule has 0 fully saturated rings. The molecule has 0 bridgehead atoms. The van der Waals surface area contributed by atoms with Crippen molar-refractivity contribution in [1.29, 1.82) is 0 Å². The number of benzene rings is 1. The summed E-state index contributed by atoms with van der Waals surface area (Å²) in [7, 11) is 0. The Balaban J connectivity index is 1.80. The Bertz CT molecular complexity index is 748. The van der Waals surface area contributed by atoms with Crippen molar-refractivity contribution in [2.45, 2.75) is 26.8 Å². The third kappa shape index (κ3) is 3.19. The molecule has 1 N–H and O–H groups in total. The third-order valence-corrected chi connectivity index (χ3v) is 5.33. The molecule has 110 valence electrons. The van der Waals surface area contributed by atoms with Crippen LogP contribution in [-0.4, -0.2) is 11.6 Å². The molecule has 2 aromatic heterocycles. The first-order valence-corrected chi connectivity index (χ1v) is 8.65. The van der Waals surface area contributed by atoms with E-state index >= 15 is 0 Å². The summed E-state index contributed by atoms with van der Waals surface area (Å²) in [6.07, 6.45) is 0. The van der Waals surface area contributed by atoms with Crippen LogP contribution in [0.5, 0.6) is 5.75 Å². The van der Waals surface area contributed by atoms with E-state index in [0.29, 0.717) is 6.61 Å². The minimum Gasteiger partial charge on any atom is -0.494 e. The Morgan fingerprint density at radius 1 is 1.24 bits per heavy atom. The molecule has 3 nitrogen and oxygen atoms in total. The maximum absolute atomic E-state index is 5.54. The zero-order chi connectivity index (χ0) is 14.8. The lowest BCUT2D eigenvalue weighted by atomic mass is 10.3. The second kappa shape index (κ2) is 6.03. The first-order valence-electron chi connectivity index (χ1n) is 7.02. The molecule has 0 saturated heterocycles. The smallest absolute Gasteiger partial charge is 0.184 e. The summed E-state index contributed by atoms with van der Waals surface area (Å²) in [6.45, 7) is 6.98. The van der Waals surface area contributed by atoms with E-state index in [1.165, 1.54) is 9.75 Å². The van der Waals surface area contributed by atoms with Crippen molar-refractivity contribution in [3.63, 3.8) is 0 Å². The fraction of sp³-hybridized carbons (Fsp3) is 0.312. The van der Waals surface area contributed by atoms with Crippen molar-refractivity contribution in [3.8, 4) is 5.75 Å². The molecule has 0 amide bonds. The van der Waals surface area contributed by atoms with Crippen molar-refractivity contribution in [1.82, 2.24) is 4.98 Å². The Labute approximate surface area is 132 Å². The van der Waals surface area contributed by atoms with E-state index in [9.17, 15) is 0 Å². The summed E-state index contributed by atoms with van der Waals surface area (Å²) in [6, 6.07) is 10.7. The number of thiophene rings is 1. The molecule has 0 spiro atoms. The summed E-state index contributed by atoms with van der Waals surface area (Å²) >= 11 is 3.49. The highest BCUT2D eigenvalue weighted by Crippen LogP contribution is 2.32. The normalized spacial score (nSPS) is 12.5. The van der Waals surface area contributed by atoms with Gasteiger partial charge >= 0.3 is 0 Å². The van der Waals surface area contributed by atoms with Gasteiger partial charge in [-0.15, -0.1) is 11.3 Å². The van der Waals surface area contributed by atoms with Gasteiger partial charge in [-0.2, -0.15) is 0 Å². The number of rotatable bonds is 5. The molecule has 2 heterocycles. The number of anilines is 1. The topological polar surface area (TPSA) is 34.1 Å². The molecule has 0 aliphatic rings. The molecule has 0 saturated carbocycles. The SMILES string of the molecule is CCOc1ccc2nc(NC(C)c3ccc(C)s3)sc2c1. The van der Waals surface area contributed by atoms with Crippen LogP contribution in [0.2, 0.25) is 0 Å². The largest absolute Gasteiger partial charge is 0.494 e. The number of fused-ring (bicyclic) bond motifs is 1. The highest BCUT2D eigenvalue weighted by atomic mass is 32.1. The number of nitrogens with zero attached hydrogens (tertiary/aromatic N) is 1. The second-order valence-electron chi connectivity index (χ2n) is 4.90. The van der Waals surface area contributed by atoms with Gasteiger partial charge in [-0.25, -0.2) is 4.98 Å². The fourth-order valence-corrected chi connectivity index (χ4v) is 4.03. The molecule has 1 aromatic carbocycles. The number of aryl methyl sites for hydroxylation is 1. The van der Waals surface area contributed by atoms with Crippen molar-refractivity contribution in [3.05, 3.63) is 40.1 Å². The first-order chi connectivity index (χ1) is 10.2. The van der Waals surface area contributed by atoms with Gasteiger partial charge in [0.1, 0.15) is 5.75 Å². The number of hydrogen-bond donors (Lipinski definition) is 1. The Hall–Kier alpha value is -1.59. The Morgan fingerprint density at radius 3 is 2.81 bits per heavy atom. The number of aromatic nitrogens is 1. The lowest BCUT2D eigenvalue weighted by Gasteiger charge is -2.10. The predicted molar refractivity (Wildman–Crippen MR) is 91.9 cm³/mol. The van der Waals surface area contributed by atoms with Crippen LogP contribution < -0.4 is 10.1 Å². The van der Waals surface area contributed by atoms with Gasteiger partial charge in [0.05, 0.1) is 22.9 Å². The van der Waals surface area contributed by atoms with Crippen LogP contribution in [0, 0.1) is 6.92 Å². The highest BCUT2D eigenvalue weighted by Gasteiger charge is 2.11. The van der Waals surface area contributed by atoms with Gasteiger partial charge in [0, 0.05) is 9.75 Å². The molecule has 3 aromatic rings. The quantitative estimate of drug-likeness (QED) is 0.698. The molecule has 21 heavy (non-hydrogen) atoms. The molecule has 0 aliphatic heterocycles. The molecular weight excluding hydrogens is 300 g/mol. The Kier molecular flexibility index (Phi) is 4.12. The number of ether oxygens (including phenoxy) is 1. The van der Waals surface area contributed by atoms with Crippen molar-refractivity contribution >= 4 is 38.0 Å². The summed E-state index contributed by atoms with van der Waals surface area (Å²) < 4.78 is 6.69. The predicted octanol–water partition coefficient (Wildman–Crippen LogP) is 5.24. The fourth-order valence-electron chi connectivity index (χ4n) is 2.17. The first kappa shape index (κ1) is 14.4.